The maximum absolute atomic E-state index is 13.1. The first-order valence-corrected chi connectivity index (χ1v) is 5.82. The van der Waals surface area contributed by atoms with Gasteiger partial charge in [-0.2, -0.15) is 4.98 Å². The van der Waals surface area contributed by atoms with Crippen LogP contribution in [0.3, 0.4) is 0 Å². The molecule has 0 aliphatic rings. The van der Waals surface area contributed by atoms with E-state index in [0.29, 0.717) is 10.0 Å². The van der Waals surface area contributed by atoms with Gasteiger partial charge in [0.1, 0.15) is 5.82 Å². The van der Waals surface area contributed by atoms with Gasteiger partial charge in [0, 0.05) is 5.56 Å². The summed E-state index contributed by atoms with van der Waals surface area (Å²) in [5.74, 6) is 0.0280. The molecule has 0 bridgehead atoms. The zero-order valence-corrected chi connectivity index (χ0v) is 10.8. The van der Waals surface area contributed by atoms with Crippen molar-refractivity contribution >= 4 is 21.7 Å². The van der Waals surface area contributed by atoms with E-state index in [4.69, 9.17) is 10.3 Å². The molecule has 0 saturated carbocycles. The van der Waals surface area contributed by atoms with Crippen LogP contribution in [0.15, 0.2) is 31.8 Å². The third-order valence-electron chi connectivity index (χ3n) is 2.32. The summed E-state index contributed by atoms with van der Waals surface area (Å²) in [5, 5.41) is 10.7. The minimum Gasteiger partial charge on any atom is -0.379 e. The molecule has 0 spiro atoms. The van der Waals surface area contributed by atoms with E-state index >= 15 is 0 Å². The molecule has 19 heavy (non-hydrogen) atoms. The van der Waals surface area contributed by atoms with E-state index in [1.807, 2.05) is 0 Å². The first-order valence-electron chi connectivity index (χ1n) is 5.02. The highest BCUT2D eigenvalue weighted by Gasteiger charge is 2.18. The van der Waals surface area contributed by atoms with Crippen molar-refractivity contribution in [2.45, 2.75) is 0 Å². The van der Waals surface area contributed by atoms with Crippen molar-refractivity contribution < 1.29 is 13.5 Å². The predicted octanol–water partition coefficient (Wildman–Crippen LogP) is 2.27. The Morgan fingerprint density at radius 1 is 1.21 bits per heavy atom. The van der Waals surface area contributed by atoms with Crippen molar-refractivity contribution in [2.75, 3.05) is 5.73 Å². The van der Waals surface area contributed by atoms with Crippen LogP contribution in [0.4, 0.5) is 10.2 Å². The van der Waals surface area contributed by atoms with Crippen molar-refractivity contribution in [3.8, 4) is 23.0 Å². The Kier molecular flexibility index (Phi) is 2.75. The fourth-order valence-electron chi connectivity index (χ4n) is 1.42. The number of aromatic nitrogens is 4. The van der Waals surface area contributed by atoms with Crippen LogP contribution in [0, 0.1) is 5.82 Å². The SMILES string of the molecule is Nc1nonc1-c1nc(-c2ccc(F)c(Br)c2)no1. The highest BCUT2D eigenvalue weighted by atomic mass is 79.9. The van der Waals surface area contributed by atoms with E-state index in [9.17, 15) is 4.39 Å². The van der Waals surface area contributed by atoms with Crippen LogP contribution in [-0.2, 0) is 0 Å². The van der Waals surface area contributed by atoms with Crippen molar-refractivity contribution in [3.63, 3.8) is 0 Å². The van der Waals surface area contributed by atoms with Gasteiger partial charge in [-0.05, 0) is 44.4 Å². The molecule has 2 N–H and O–H groups in total. The maximum atomic E-state index is 13.1. The monoisotopic (exact) mass is 325 g/mol. The molecule has 2 aromatic heterocycles. The molecule has 2 heterocycles. The van der Waals surface area contributed by atoms with Crippen molar-refractivity contribution in [1.82, 2.24) is 20.5 Å². The topological polar surface area (TPSA) is 104 Å². The number of benzene rings is 1. The Labute approximate surface area is 113 Å². The number of nitrogen functional groups attached to an aromatic ring is 1. The Hall–Kier alpha value is -2.29. The summed E-state index contributed by atoms with van der Waals surface area (Å²) in [6, 6.07) is 4.36. The minimum atomic E-state index is -0.377. The third kappa shape index (κ3) is 2.08. The van der Waals surface area contributed by atoms with Crippen LogP contribution in [0.5, 0.6) is 0 Å². The first-order chi connectivity index (χ1) is 9.15. The van der Waals surface area contributed by atoms with Gasteiger partial charge in [-0.1, -0.05) is 5.16 Å². The molecule has 7 nitrogen and oxygen atoms in total. The molecule has 96 valence electrons. The fourth-order valence-corrected chi connectivity index (χ4v) is 1.79. The second kappa shape index (κ2) is 4.43. The molecule has 0 atom stereocenters. The van der Waals surface area contributed by atoms with E-state index in [1.165, 1.54) is 18.2 Å². The van der Waals surface area contributed by atoms with Gasteiger partial charge in [0.2, 0.25) is 17.3 Å². The number of hydrogen-bond donors (Lipinski definition) is 1. The number of nitrogens with zero attached hydrogens (tertiary/aromatic N) is 4. The number of hydrogen-bond acceptors (Lipinski definition) is 7. The molecule has 0 amide bonds. The summed E-state index contributed by atoms with van der Waals surface area (Å²) < 4.78 is 22.9. The molecule has 0 unspecified atom stereocenters. The zero-order chi connectivity index (χ0) is 13.4. The van der Waals surface area contributed by atoms with Gasteiger partial charge in [0.15, 0.2) is 0 Å². The number of anilines is 1. The van der Waals surface area contributed by atoms with E-state index in [2.05, 4.69) is 41.0 Å². The Balaban J connectivity index is 2.01. The molecule has 3 aromatic rings. The minimum absolute atomic E-state index is 0.0514. The predicted molar refractivity (Wildman–Crippen MR) is 65.1 cm³/mol. The van der Waals surface area contributed by atoms with Crippen LogP contribution in [0.2, 0.25) is 0 Å². The lowest BCUT2D eigenvalue weighted by Gasteiger charge is -1.96. The second-order valence-corrected chi connectivity index (χ2v) is 4.40. The highest BCUT2D eigenvalue weighted by molar-refractivity contribution is 9.10. The summed E-state index contributed by atoms with van der Waals surface area (Å²) in [4.78, 5) is 4.09. The van der Waals surface area contributed by atoms with Gasteiger partial charge >= 0.3 is 0 Å². The van der Waals surface area contributed by atoms with Crippen molar-refractivity contribution in [1.29, 1.82) is 0 Å². The van der Waals surface area contributed by atoms with E-state index in [-0.39, 0.29) is 29.0 Å². The van der Waals surface area contributed by atoms with Gasteiger partial charge in [-0.25, -0.2) is 9.02 Å². The molecule has 3 rings (SSSR count). The first kappa shape index (κ1) is 11.8. The van der Waals surface area contributed by atoms with Gasteiger partial charge in [0.05, 0.1) is 4.47 Å². The van der Waals surface area contributed by atoms with Crippen LogP contribution >= 0.6 is 15.9 Å². The highest BCUT2D eigenvalue weighted by Crippen LogP contribution is 2.26. The fraction of sp³-hybridized carbons (Fsp3) is 0. The normalized spacial score (nSPS) is 10.8. The van der Waals surface area contributed by atoms with Crippen molar-refractivity contribution in [2.24, 2.45) is 0 Å². The lowest BCUT2D eigenvalue weighted by Crippen LogP contribution is -1.88. The Morgan fingerprint density at radius 2 is 2.05 bits per heavy atom. The summed E-state index contributed by atoms with van der Waals surface area (Å²) in [6.07, 6.45) is 0. The maximum Gasteiger partial charge on any atom is 0.284 e. The molecule has 0 aliphatic heterocycles. The Bertz CT molecular complexity index is 741. The van der Waals surface area contributed by atoms with Crippen LogP contribution in [-0.4, -0.2) is 20.5 Å². The molecular formula is C10H5BrFN5O2. The van der Waals surface area contributed by atoms with Gasteiger partial charge in [-0.15, -0.1) is 0 Å². The smallest absolute Gasteiger partial charge is 0.284 e. The summed E-state index contributed by atoms with van der Waals surface area (Å²) in [5.41, 5.74) is 6.26. The van der Waals surface area contributed by atoms with E-state index < -0.39 is 0 Å². The molecule has 1 aromatic carbocycles. The Morgan fingerprint density at radius 3 is 2.74 bits per heavy atom. The largest absolute Gasteiger partial charge is 0.379 e. The standard InChI is InChI=1S/C10H5BrFN5O2/c11-5-3-4(1-2-6(5)12)9-14-10(18-17-9)7-8(13)16-19-15-7/h1-3H,(H2,13,16). The van der Waals surface area contributed by atoms with E-state index in [0.717, 1.165) is 0 Å². The quantitative estimate of drug-likeness (QED) is 0.770. The second-order valence-electron chi connectivity index (χ2n) is 3.55. The lowest BCUT2D eigenvalue weighted by molar-refractivity contribution is 0.308. The summed E-state index contributed by atoms with van der Waals surface area (Å²) in [7, 11) is 0. The van der Waals surface area contributed by atoms with E-state index in [1.54, 1.807) is 0 Å². The molecule has 0 aliphatic carbocycles. The van der Waals surface area contributed by atoms with Crippen LogP contribution in [0.25, 0.3) is 23.0 Å². The number of nitrogens with two attached hydrogens (primary N) is 1. The van der Waals surface area contributed by atoms with Crippen LogP contribution in [0.1, 0.15) is 0 Å². The van der Waals surface area contributed by atoms with Gasteiger partial charge < -0.3 is 10.3 Å². The molecule has 0 saturated heterocycles. The van der Waals surface area contributed by atoms with Crippen LogP contribution < -0.4 is 5.73 Å². The molecule has 0 radical (unpaired) electrons. The van der Waals surface area contributed by atoms with Gasteiger partial charge in [-0.3, -0.25) is 0 Å². The zero-order valence-electron chi connectivity index (χ0n) is 9.17. The third-order valence-corrected chi connectivity index (χ3v) is 2.93. The number of rotatable bonds is 2. The molecule has 9 heteroatoms. The average molecular weight is 326 g/mol. The summed E-state index contributed by atoms with van der Waals surface area (Å²) >= 11 is 3.08. The summed E-state index contributed by atoms with van der Waals surface area (Å²) in [6.45, 7) is 0. The van der Waals surface area contributed by atoms with Gasteiger partial charge in [0.25, 0.3) is 5.89 Å². The number of halogens is 2. The molecular weight excluding hydrogens is 321 g/mol. The average Bonchev–Trinajstić information content (AvgIpc) is 3.01. The van der Waals surface area contributed by atoms with Crippen molar-refractivity contribution in [3.05, 3.63) is 28.5 Å². The lowest BCUT2D eigenvalue weighted by atomic mass is 10.2. The molecule has 0 fully saturated rings.